The Morgan fingerprint density at radius 2 is 1.47 bits per heavy atom. The highest BCUT2D eigenvalue weighted by molar-refractivity contribution is 6.10. The predicted octanol–water partition coefficient (Wildman–Crippen LogP) is 10.6. The van der Waals surface area contributed by atoms with Crippen molar-refractivity contribution < 1.29 is 9.53 Å². The zero-order chi connectivity index (χ0) is 32.2. The van der Waals surface area contributed by atoms with Gasteiger partial charge in [-0.25, -0.2) is 0 Å². The van der Waals surface area contributed by atoms with E-state index >= 15 is 0 Å². The average molecular weight is 620 g/mol. The first-order valence-electron chi connectivity index (χ1n) is 17.5. The molecule has 2 atom stereocenters. The van der Waals surface area contributed by atoms with Gasteiger partial charge in [-0.2, -0.15) is 0 Å². The van der Waals surface area contributed by atoms with E-state index in [1.165, 1.54) is 79.4 Å². The van der Waals surface area contributed by atoms with Crippen molar-refractivity contribution in [3.05, 3.63) is 137 Å². The summed E-state index contributed by atoms with van der Waals surface area (Å²) in [6.45, 7) is 5.24. The minimum Gasteiger partial charge on any atom is -0.493 e. The summed E-state index contributed by atoms with van der Waals surface area (Å²) in [5.41, 5.74) is 7.03. The van der Waals surface area contributed by atoms with Gasteiger partial charge in [0.1, 0.15) is 5.75 Å². The fourth-order valence-corrected chi connectivity index (χ4v) is 7.95. The lowest BCUT2D eigenvalue weighted by Crippen LogP contribution is -2.24. The number of nitrogens with one attached hydrogen (secondary N) is 1. The van der Waals surface area contributed by atoms with E-state index in [1.807, 2.05) is 0 Å². The molecule has 238 valence electrons. The van der Waals surface area contributed by atoms with Crippen molar-refractivity contribution >= 4 is 38.2 Å². The van der Waals surface area contributed by atoms with Crippen LogP contribution in [0.5, 0.6) is 5.75 Å². The molecule has 47 heavy (non-hydrogen) atoms. The molecule has 3 heteroatoms. The Bertz CT molecular complexity index is 2030. The molecule has 6 aromatic rings. The fraction of sp³-hybridized carbons (Fsp3) is 0.295. The summed E-state index contributed by atoms with van der Waals surface area (Å²) in [4.78, 5) is 11.9. The van der Waals surface area contributed by atoms with E-state index in [1.54, 1.807) is 6.92 Å². The Morgan fingerprint density at radius 1 is 0.723 bits per heavy atom. The van der Waals surface area contributed by atoms with Crippen LogP contribution in [0.25, 0.3) is 32.3 Å². The molecule has 0 fully saturated rings. The minimum absolute atomic E-state index is 0.0164. The number of hydrogen-bond donors (Lipinski definition) is 1. The molecule has 1 N–H and O–H groups in total. The van der Waals surface area contributed by atoms with E-state index in [4.69, 9.17) is 4.74 Å². The highest BCUT2D eigenvalue weighted by Gasteiger charge is 2.32. The molecule has 3 nitrogen and oxygen atoms in total. The normalized spacial score (nSPS) is 16.0. The van der Waals surface area contributed by atoms with Crippen molar-refractivity contribution in [2.75, 3.05) is 13.2 Å². The van der Waals surface area contributed by atoms with Crippen LogP contribution in [0, 0.1) is 0 Å². The summed E-state index contributed by atoms with van der Waals surface area (Å²) in [5, 5.41) is 10.7. The summed E-state index contributed by atoms with van der Waals surface area (Å²) in [6.07, 6.45) is 7.67. The van der Waals surface area contributed by atoms with Crippen LogP contribution in [0.4, 0.5) is 0 Å². The Labute approximate surface area is 279 Å². The Balaban J connectivity index is 1.36. The standard InChI is InChI=1S/C44H45NO2/c1-3-4-5-11-27-47-44-18-12-17-35-36-21-22-39-42(37-20-19-32-15-9-10-16-34(32)40(37)25-26-45-30(2)46)28-33(31-13-7-6-8-14-31)29-43(39)38(36)23-24-41(35)44/h6-10,12-24,33,42H,3-5,11,25-29H2,1-2H3,(H,45,46). The van der Waals surface area contributed by atoms with E-state index in [-0.39, 0.29) is 11.8 Å². The summed E-state index contributed by atoms with van der Waals surface area (Å²) in [7, 11) is 0. The zero-order valence-electron chi connectivity index (χ0n) is 27.7. The number of fused-ring (bicyclic) bond motifs is 6. The van der Waals surface area contributed by atoms with Crippen LogP contribution in [0.1, 0.15) is 85.6 Å². The van der Waals surface area contributed by atoms with Crippen molar-refractivity contribution in [3.63, 3.8) is 0 Å². The topological polar surface area (TPSA) is 38.3 Å². The van der Waals surface area contributed by atoms with Gasteiger partial charge in [-0.3, -0.25) is 4.79 Å². The Hall–Kier alpha value is -4.63. The number of ether oxygens (including phenoxy) is 1. The lowest BCUT2D eigenvalue weighted by atomic mass is 9.69. The molecule has 0 bridgehead atoms. The van der Waals surface area contributed by atoms with Gasteiger partial charge in [0, 0.05) is 24.8 Å². The van der Waals surface area contributed by atoms with Crippen LogP contribution in [0.2, 0.25) is 0 Å². The third-order valence-corrected chi connectivity index (χ3v) is 10.2. The first-order chi connectivity index (χ1) is 23.1. The first kappa shape index (κ1) is 31.0. The molecule has 7 rings (SSSR count). The van der Waals surface area contributed by atoms with Crippen LogP contribution in [0.15, 0.2) is 109 Å². The third kappa shape index (κ3) is 6.37. The van der Waals surface area contributed by atoms with E-state index in [0.717, 1.165) is 38.0 Å². The maximum atomic E-state index is 11.9. The van der Waals surface area contributed by atoms with E-state index in [2.05, 4.69) is 121 Å². The Kier molecular flexibility index (Phi) is 9.24. The molecule has 1 aliphatic rings. The van der Waals surface area contributed by atoms with Gasteiger partial charge < -0.3 is 10.1 Å². The van der Waals surface area contributed by atoms with Crippen LogP contribution in [-0.2, 0) is 17.6 Å². The SMILES string of the molecule is CCCCCCOc1cccc2c1ccc1c3c(ccc12)C(c1ccc2ccccc2c1CCNC(C)=O)CC(c1ccccc1)C3. The molecule has 0 saturated carbocycles. The number of carbonyl (C=O) groups is 1. The predicted molar refractivity (Wildman–Crippen MR) is 197 cm³/mol. The molecule has 2 unspecified atom stereocenters. The summed E-state index contributed by atoms with van der Waals surface area (Å²) in [6, 6.07) is 40.3. The molecule has 6 aromatic carbocycles. The lowest BCUT2D eigenvalue weighted by Gasteiger charge is -2.35. The zero-order valence-corrected chi connectivity index (χ0v) is 27.7. The second-order valence-electron chi connectivity index (χ2n) is 13.2. The van der Waals surface area contributed by atoms with Gasteiger partial charge >= 0.3 is 0 Å². The molecule has 1 amide bonds. The second-order valence-corrected chi connectivity index (χ2v) is 13.2. The van der Waals surface area contributed by atoms with Gasteiger partial charge in [0.25, 0.3) is 0 Å². The minimum atomic E-state index is 0.0164. The molecule has 0 saturated heterocycles. The van der Waals surface area contributed by atoms with Crippen molar-refractivity contribution in [1.29, 1.82) is 0 Å². The fourth-order valence-electron chi connectivity index (χ4n) is 7.95. The number of rotatable bonds is 11. The smallest absolute Gasteiger partial charge is 0.216 e. The molecule has 0 heterocycles. The highest BCUT2D eigenvalue weighted by atomic mass is 16.5. The highest BCUT2D eigenvalue weighted by Crippen LogP contribution is 2.48. The quantitative estimate of drug-likeness (QED) is 0.116. The number of benzene rings is 6. The third-order valence-electron chi connectivity index (χ3n) is 10.2. The van der Waals surface area contributed by atoms with E-state index in [9.17, 15) is 4.79 Å². The Morgan fingerprint density at radius 3 is 2.32 bits per heavy atom. The average Bonchev–Trinajstić information content (AvgIpc) is 3.11. The molecule has 1 aliphatic carbocycles. The molecular formula is C44H45NO2. The van der Waals surface area contributed by atoms with Crippen LogP contribution >= 0.6 is 0 Å². The van der Waals surface area contributed by atoms with Crippen LogP contribution in [0.3, 0.4) is 0 Å². The van der Waals surface area contributed by atoms with E-state index < -0.39 is 0 Å². The monoisotopic (exact) mass is 619 g/mol. The van der Waals surface area contributed by atoms with Gasteiger partial charge in [0.15, 0.2) is 0 Å². The van der Waals surface area contributed by atoms with Crippen molar-refractivity contribution in [2.45, 2.75) is 70.6 Å². The van der Waals surface area contributed by atoms with Gasteiger partial charge in [0.2, 0.25) is 5.91 Å². The maximum absolute atomic E-state index is 11.9. The number of amides is 1. The molecule has 0 aliphatic heterocycles. The second kappa shape index (κ2) is 14.0. The molecule has 0 aromatic heterocycles. The number of carbonyl (C=O) groups excluding carboxylic acids is 1. The molecule has 0 spiro atoms. The molecular weight excluding hydrogens is 574 g/mol. The van der Waals surface area contributed by atoms with Gasteiger partial charge in [-0.15, -0.1) is 0 Å². The summed E-state index contributed by atoms with van der Waals surface area (Å²) in [5.74, 6) is 1.66. The number of hydrogen-bond acceptors (Lipinski definition) is 2. The molecule has 0 radical (unpaired) electrons. The van der Waals surface area contributed by atoms with Gasteiger partial charge in [0.05, 0.1) is 6.61 Å². The van der Waals surface area contributed by atoms with Crippen molar-refractivity contribution in [2.24, 2.45) is 0 Å². The van der Waals surface area contributed by atoms with E-state index in [0.29, 0.717) is 12.5 Å². The largest absolute Gasteiger partial charge is 0.493 e. The van der Waals surface area contributed by atoms with Crippen LogP contribution < -0.4 is 10.1 Å². The maximum Gasteiger partial charge on any atom is 0.216 e. The first-order valence-corrected chi connectivity index (χ1v) is 17.5. The van der Waals surface area contributed by atoms with Crippen molar-refractivity contribution in [1.82, 2.24) is 5.32 Å². The van der Waals surface area contributed by atoms with Crippen molar-refractivity contribution in [3.8, 4) is 5.75 Å². The van der Waals surface area contributed by atoms with Gasteiger partial charge in [-0.05, 0) is 92.4 Å². The van der Waals surface area contributed by atoms with Gasteiger partial charge in [-0.1, -0.05) is 129 Å². The summed E-state index contributed by atoms with van der Waals surface area (Å²) < 4.78 is 6.35. The van der Waals surface area contributed by atoms with Crippen LogP contribution in [-0.4, -0.2) is 19.1 Å². The number of unbranched alkanes of at least 4 members (excludes halogenated alkanes) is 3. The summed E-state index contributed by atoms with van der Waals surface area (Å²) >= 11 is 0. The lowest BCUT2D eigenvalue weighted by molar-refractivity contribution is -0.118.